The van der Waals surface area contributed by atoms with E-state index >= 15 is 0 Å². The van der Waals surface area contributed by atoms with Crippen LogP contribution in [0.3, 0.4) is 0 Å². The summed E-state index contributed by atoms with van der Waals surface area (Å²) in [6, 6.07) is 19.0. The number of nitrogens with zero attached hydrogens (tertiary/aromatic N) is 1. The lowest BCUT2D eigenvalue weighted by Gasteiger charge is -2.11. The molecule has 0 aliphatic carbocycles. The minimum atomic E-state index is -4.04. The molecule has 31 heavy (non-hydrogen) atoms. The summed E-state index contributed by atoms with van der Waals surface area (Å²) in [5.74, 6) is 0.461. The summed E-state index contributed by atoms with van der Waals surface area (Å²) >= 11 is 0. The summed E-state index contributed by atoms with van der Waals surface area (Å²) < 4.78 is 40.5. The highest BCUT2D eigenvalue weighted by Gasteiger charge is 2.19. The van der Waals surface area contributed by atoms with Crippen LogP contribution in [-0.4, -0.2) is 34.8 Å². The van der Waals surface area contributed by atoms with E-state index in [1.54, 1.807) is 54.6 Å². The number of carbonyl (C=O) groups is 1. The average Bonchev–Trinajstić information content (AvgIpc) is 2.79. The minimum absolute atomic E-state index is 0.00298. The Morgan fingerprint density at radius 2 is 1.61 bits per heavy atom. The second-order valence-electron chi connectivity index (χ2n) is 6.19. The Bertz CT molecular complexity index is 1180. The van der Waals surface area contributed by atoms with E-state index in [1.807, 2.05) is 0 Å². The molecule has 0 saturated heterocycles. The summed E-state index contributed by atoms with van der Waals surface area (Å²) in [5.41, 5.74) is 3.31. The molecule has 3 rings (SSSR count). The zero-order valence-electron chi connectivity index (χ0n) is 16.8. The molecule has 0 fully saturated rings. The predicted molar refractivity (Wildman–Crippen MR) is 115 cm³/mol. The van der Waals surface area contributed by atoms with Crippen LogP contribution in [-0.2, 0) is 10.1 Å². The van der Waals surface area contributed by atoms with Crippen molar-refractivity contribution in [2.24, 2.45) is 5.10 Å². The van der Waals surface area contributed by atoms with Gasteiger partial charge in [-0.3, -0.25) is 4.79 Å². The number of nitrogens with one attached hydrogen (secondary N) is 1. The molecular weight excluding hydrogens is 420 g/mol. The molecule has 0 atom stereocenters. The van der Waals surface area contributed by atoms with E-state index in [9.17, 15) is 13.2 Å². The van der Waals surface area contributed by atoms with Crippen LogP contribution in [0.5, 0.6) is 17.2 Å². The Morgan fingerprint density at radius 3 is 2.26 bits per heavy atom. The SMILES string of the molecule is COc1ccc(C(=O)N/N=C/c2ccc(OC)c(OS(=O)(=O)c3ccccc3)c2)cc1. The third kappa shape index (κ3) is 5.61. The summed E-state index contributed by atoms with van der Waals surface area (Å²) in [5, 5.41) is 3.91. The van der Waals surface area contributed by atoms with E-state index in [0.717, 1.165) is 0 Å². The Morgan fingerprint density at radius 1 is 0.903 bits per heavy atom. The fraction of sp³-hybridized carbons (Fsp3) is 0.0909. The van der Waals surface area contributed by atoms with Crippen LogP contribution < -0.4 is 19.1 Å². The van der Waals surface area contributed by atoms with Crippen LogP contribution in [0.2, 0.25) is 0 Å². The van der Waals surface area contributed by atoms with Crippen molar-refractivity contribution in [1.82, 2.24) is 5.43 Å². The van der Waals surface area contributed by atoms with Gasteiger partial charge in [0, 0.05) is 5.56 Å². The van der Waals surface area contributed by atoms with Crippen molar-refractivity contribution in [2.75, 3.05) is 14.2 Å². The third-order valence-corrected chi connectivity index (χ3v) is 5.40. The molecule has 0 aromatic heterocycles. The van der Waals surface area contributed by atoms with Crippen molar-refractivity contribution in [2.45, 2.75) is 4.90 Å². The first-order valence-corrected chi connectivity index (χ1v) is 10.5. The minimum Gasteiger partial charge on any atom is -0.497 e. The van der Waals surface area contributed by atoms with Gasteiger partial charge in [0.05, 0.1) is 20.4 Å². The number of carbonyl (C=O) groups excluding carboxylic acids is 1. The van der Waals surface area contributed by atoms with Gasteiger partial charge < -0.3 is 13.7 Å². The van der Waals surface area contributed by atoms with Gasteiger partial charge >= 0.3 is 10.1 Å². The standard InChI is InChI=1S/C22H20N2O6S/c1-28-18-11-9-17(10-12-18)22(25)24-23-15-16-8-13-20(29-2)21(14-16)30-31(26,27)19-6-4-3-5-7-19/h3-15H,1-2H3,(H,24,25)/b23-15+. The second kappa shape index (κ2) is 9.77. The van der Waals surface area contributed by atoms with Gasteiger partial charge in [-0.15, -0.1) is 0 Å². The fourth-order valence-electron chi connectivity index (χ4n) is 2.56. The summed E-state index contributed by atoms with van der Waals surface area (Å²) in [6.45, 7) is 0. The highest BCUT2D eigenvalue weighted by atomic mass is 32.2. The number of hydrogen-bond donors (Lipinski definition) is 1. The average molecular weight is 440 g/mol. The van der Waals surface area contributed by atoms with Crippen molar-refractivity contribution < 1.29 is 26.9 Å². The van der Waals surface area contributed by atoms with Crippen LogP contribution in [0.1, 0.15) is 15.9 Å². The quantitative estimate of drug-likeness (QED) is 0.328. The number of hydrazone groups is 1. The normalized spacial score (nSPS) is 11.2. The molecule has 0 aliphatic rings. The number of rotatable bonds is 8. The highest BCUT2D eigenvalue weighted by molar-refractivity contribution is 7.87. The monoisotopic (exact) mass is 440 g/mol. The molecule has 0 saturated carbocycles. The van der Waals surface area contributed by atoms with Crippen LogP contribution in [0, 0.1) is 0 Å². The Labute approximate surface area is 180 Å². The number of amides is 1. The molecule has 0 heterocycles. The molecule has 1 amide bonds. The first-order chi connectivity index (χ1) is 14.9. The maximum Gasteiger partial charge on any atom is 0.339 e. The molecule has 0 unspecified atom stereocenters. The van der Waals surface area contributed by atoms with Crippen molar-refractivity contribution in [3.8, 4) is 17.2 Å². The number of methoxy groups -OCH3 is 2. The molecule has 3 aromatic carbocycles. The molecule has 3 aromatic rings. The van der Waals surface area contributed by atoms with E-state index in [2.05, 4.69) is 10.5 Å². The molecular formula is C22H20N2O6S. The van der Waals surface area contributed by atoms with E-state index in [4.69, 9.17) is 13.7 Å². The topological polar surface area (TPSA) is 103 Å². The summed E-state index contributed by atoms with van der Waals surface area (Å²) in [6.07, 6.45) is 1.36. The molecule has 8 nitrogen and oxygen atoms in total. The van der Waals surface area contributed by atoms with E-state index in [0.29, 0.717) is 16.9 Å². The zero-order valence-corrected chi connectivity index (χ0v) is 17.6. The van der Waals surface area contributed by atoms with Gasteiger partial charge in [-0.1, -0.05) is 18.2 Å². The molecule has 0 aliphatic heterocycles. The first kappa shape index (κ1) is 21.8. The first-order valence-electron chi connectivity index (χ1n) is 9.08. The maximum absolute atomic E-state index is 12.5. The lowest BCUT2D eigenvalue weighted by atomic mass is 10.2. The zero-order chi connectivity index (χ0) is 22.3. The molecule has 160 valence electrons. The van der Waals surface area contributed by atoms with E-state index in [-0.39, 0.29) is 16.4 Å². The molecule has 0 spiro atoms. The van der Waals surface area contributed by atoms with Gasteiger partial charge in [0.25, 0.3) is 5.91 Å². The van der Waals surface area contributed by atoms with Crippen molar-refractivity contribution >= 4 is 22.2 Å². The Kier molecular flexibility index (Phi) is 6.88. The molecule has 9 heteroatoms. The van der Waals surface area contributed by atoms with Gasteiger partial charge in [-0.2, -0.15) is 13.5 Å². The Balaban J connectivity index is 1.74. The van der Waals surface area contributed by atoms with Crippen molar-refractivity contribution in [3.63, 3.8) is 0 Å². The van der Waals surface area contributed by atoms with Gasteiger partial charge in [-0.05, 0) is 60.2 Å². The lowest BCUT2D eigenvalue weighted by Crippen LogP contribution is -2.17. The maximum atomic E-state index is 12.5. The van der Waals surface area contributed by atoms with Crippen molar-refractivity contribution in [1.29, 1.82) is 0 Å². The summed E-state index contributed by atoms with van der Waals surface area (Å²) in [4.78, 5) is 12.2. The molecule has 1 N–H and O–H groups in total. The second-order valence-corrected chi connectivity index (χ2v) is 7.73. The summed E-state index contributed by atoms with van der Waals surface area (Å²) in [7, 11) is -1.10. The largest absolute Gasteiger partial charge is 0.497 e. The van der Waals surface area contributed by atoms with Crippen LogP contribution >= 0.6 is 0 Å². The molecule has 0 bridgehead atoms. The fourth-order valence-corrected chi connectivity index (χ4v) is 3.52. The van der Waals surface area contributed by atoms with Crippen LogP contribution in [0.4, 0.5) is 0 Å². The third-order valence-electron chi connectivity index (χ3n) is 4.15. The number of benzene rings is 3. The highest BCUT2D eigenvalue weighted by Crippen LogP contribution is 2.30. The van der Waals surface area contributed by atoms with Gasteiger partial charge in [0.15, 0.2) is 11.5 Å². The number of ether oxygens (including phenoxy) is 2. The van der Waals surface area contributed by atoms with Gasteiger partial charge in [0.1, 0.15) is 10.6 Å². The van der Waals surface area contributed by atoms with Crippen molar-refractivity contribution in [3.05, 3.63) is 83.9 Å². The van der Waals surface area contributed by atoms with E-state index in [1.165, 1.54) is 38.6 Å². The van der Waals surface area contributed by atoms with Crippen LogP contribution in [0.15, 0.2) is 82.8 Å². The van der Waals surface area contributed by atoms with E-state index < -0.39 is 16.0 Å². The van der Waals surface area contributed by atoms with Gasteiger partial charge in [0.2, 0.25) is 0 Å². The smallest absolute Gasteiger partial charge is 0.339 e. The van der Waals surface area contributed by atoms with Crippen LogP contribution in [0.25, 0.3) is 0 Å². The predicted octanol–water partition coefficient (Wildman–Crippen LogP) is 3.24. The molecule has 0 radical (unpaired) electrons. The lowest BCUT2D eigenvalue weighted by molar-refractivity contribution is 0.0955. The van der Waals surface area contributed by atoms with Gasteiger partial charge in [-0.25, -0.2) is 5.43 Å². The Hall–Kier alpha value is -3.85. The number of hydrogen-bond acceptors (Lipinski definition) is 7.